The summed E-state index contributed by atoms with van der Waals surface area (Å²) >= 11 is 0. The van der Waals surface area contributed by atoms with Crippen LogP contribution in [0.2, 0.25) is 0 Å². The Balaban J connectivity index is 2.47. The second kappa shape index (κ2) is 2.91. The third-order valence-electron chi connectivity index (χ3n) is 2.71. The number of ether oxygens (including phenoxy) is 1. The maximum absolute atomic E-state index is 5.94. The van der Waals surface area contributed by atoms with Crippen LogP contribution in [0.3, 0.4) is 0 Å². The van der Waals surface area contributed by atoms with Gasteiger partial charge in [0.25, 0.3) is 0 Å². The predicted molar refractivity (Wildman–Crippen MR) is 58.6 cm³/mol. The monoisotopic (exact) mass is 191 g/mol. The van der Waals surface area contributed by atoms with Crippen molar-refractivity contribution in [1.29, 1.82) is 0 Å². The third-order valence-corrected chi connectivity index (χ3v) is 2.71. The van der Waals surface area contributed by atoms with Gasteiger partial charge in [-0.3, -0.25) is 0 Å². The lowest BCUT2D eigenvalue weighted by Crippen LogP contribution is -2.33. The predicted octanol–water partition coefficient (Wildman–Crippen LogP) is 2.68. The lowest BCUT2D eigenvalue weighted by atomic mass is 9.93. The zero-order valence-corrected chi connectivity index (χ0v) is 9.05. The Labute approximate surface area is 85.1 Å². The molecule has 0 bridgehead atoms. The molecule has 2 N–H and O–H groups in total. The van der Waals surface area contributed by atoms with E-state index in [1.54, 1.807) is 0 Å². The van der Waals surface area contributed by atoms with Crippen LogP contribution in [0.1, 0.15) is 31.4 Å². The molecule has 2 heteroatoms. The quantitative estimate of drug-likeness (QED) is 0.640. The van der Waals surface area contributed by atoms with Gasteiger partial charge in [-0.15, -0.1) is 0 Å². The highest BCUT2D eigenvalue weighted by atomic mass is 16.5. The topological polar surface area (TPSA) is 35.2 Å². The van der Waals surface area contributed by atoms with E-state index in [-0.39, 0.29) is 5.60 Å². The van der Waals surface area contributed by atoms with E-state index in [2.05, 4.69) is 26.8 Å². The highest BCUT2D eigenvalue weighted by molar-refractivity contribution is 5.59. The number of fused-ring (bicyclic) bond motifs is 1. The highest BCUT2D eigenvalue weighted by Crippen LogP contribution is 2.37. The summed E-state index contributed by atoms with van der Waals surface area (Å²) in [4.78, 5) is 0. The number of hydrogen-bond donors (Lipinski definition) is 1. The Morgan fingerprint density at radius 3 is 2.79 bits per heavy atom. The van der Waals surface area contributed by atoms with Crippen molar-refractivity contribution < 1.29 is 4.74 Å². The summed E-state index contributed by atoms with van der Waals surface area (Å²) in [5, 5.41) is 0. The van der Waals surface area contributed by atoms with Crippen molar-refractivity contribution in [2.24, 2.45) is 0 Å². The molecule has 0 saturated carbocycles. The number of benzene rings is 1. The molecular formula is C12H17NO. The Bertz CT molecular complexity index is 369. The van der Waals surface area contributed by atoms with Crippen LogP contribution in [0.15, 0.2) is 12.1 Å². The molecule has 0 amide bonds. The first-order valence-electron chi connectivity index (χ1n) is 5.06. The van der Waals surface area contributed by atoms with Crippen LogP contribution in [-0.2, 0) is 6.42 Å². The summed E-state index contributed by atoms with van der Waals surface area (Å²) in [6.45, 7) is 6.28. The molecule has 0 aromatic heterocycles. The molecule has 1 aliphatic rings. The van der Waals surface area contributed by atoms with Gasteiger partial charge in [-0.1, -0.05) is 6.07 Å². The second-order valence-electron chi connectivity index (χ2n) is 4.70. The van der Waals surface area contributed by atoms with E-state index in [9.17, 15) is 0 Å². The van der Waals surface area contributed by atoms with Crippen molar-refractivity contribution in [2.45, 2.75) is 39.2 Å². The molecular weight excluding hydrogens is 174 g/mol. The fourth-order valence-electron chi connectivity index (χ4n) is 1.95. The van der Waals surface area contributed by atoms with Gasteiger partial charge in [-0.2, -0.15) is 0 Å². The number of rotatable bonds is 0. The minimum absolute atomic E-state index is 0.0730. The van der Waals surface area contributed by atoms with E-state index in [1.807, 2.05) is 6.07 Å². The van der Waals surface area contributed by atoms with Crippen molar-refractivity contribution in [1.82, 2.24) is 0 Å². The van der Waals surface area contributed by atoms with Crippen LogP contribution in [0.25, 0.3) is 0 Å². The van der Waals surface area contributed by atoms with E-state index in [1.165, 1.54) is 11.1 Å². The minimum Gasteiger partial charge on any atom is -0.485 e. The molecule has 1 heterocycles. The Morgan fingerprint density at radius 1 is 1.36 bits per heavy atom. The molecule has 0 radical (unpaired) electrons. The van der Waals surface area contributed by atoms with Crippen LogP contribution in [0.5, 0.6) is 5.75 Å². The first kappa shape index (κ1) is 9.38. The van der Waals surface area contributed by atoms with E-state index >= 15 is 0 Å². The van der Waals surface area contributed by atoms with Crippen molar-refractivity contribution in [3.8, 4) is 5.75 Å². The van der Waals surface area contributed by atoms with Gasteiger partial charge in [0.2, 0.25) is 0 Å². The summed E-state index contributed by atoms with van der Waals surface area (Å²) < 4.78 is 5.88. The van der Waals surface area contributed by atoms with Crippen molar-refractivity contribution >= 4 is 5.69 Å². The van der Waals surface area contributed by atoms with Gasteiger partial charge in [-0.25, -0.2) is 0 Å². The molecule has 1 aliphatic heterocycles. The maximum atomic E-state index is 5.94. The molecule has 0 unspecified atom stereocenters. The first-order valence-corrected chi connectivity index (χ1v) is 5.06. The molecule has 1 aromatic carbocycles. The zero-order valence-electron chi connectivity index (χ0n) is 9.05. The normalized spacial score (nSPS) is 18.5. The average Bonchev–Trinajstić information content (AvgIpc) is 2.06. The summed E-state index contributed by atoms with van der Waals surface area (Å²) in [5.41, 5.74) is 9.10. The van der Waals surface area contributed by atoms with Crippen LogP contribution in [0, 0.1) is 6.92 Å². The number of nitrogens with two attached hydrogens (primary N) is 1. The molecule has 0 spiro atoms. The molecule has 0 fully saturated rings. The van der Waals surface area contributed by atoms with Crippen LogP contribution >= 0.6 is 0 Å². The Kier molecular flexibility index (Phi) is 1.95. The van der Waals surface area contributed by atoms with E-state index in [0.29, 0.717) is 0 Å². The molecule has 2 rings (SSSR count). The second-order valence-corrected chi connectivity index (χ2v) is 4.70. The minimum atomic E-state index is -0.0730. The van der Waals surface area contributed by atoms with Gasteiger partial charge >= 0.3 is 0 Å². The van der Waals surface area contributed by atoms with Crippen LogP contribution in [0.4, 0.5) is 5.69 Å². The standard InChI is InChI=1S/C12H17NO/c1-8-6-9-4-5-12(2,3)14-11(9)10(13)7-8/h6-7H,4-5,13H2,1-3H3. The average molecular weight is 191 g/mol. The first-order chi connectivity index (χ1) is 6.48. The number of hydrogen-bond acceptors (Lipinski definition) is 2. The lowest BCUT2D eigenvalue weighted by Gasteiger charge is -2.33. The Morgan fingerprint density at radius 2 is 2.07 bits per heavy atom. The fourth-order valence-corrected chi connectivity index (χ4v) is 1.95. The largest absolute Gasteiger partial charge is 0.485 e. The summed E-state index contributed by atoms with van der Waals surface area (Å²) in [6, 6.07) is 4.14. The van der Waals surface area contributed by atoms with E-state index in [4.69, 9.17) is 10.5 Å². The maximum Gasteiger partial charge on any atom is 0.146 e. The molecule has 0 aliphatic carbocycles. The van der Waals surface area contributed by atoms with Gasteiger partial charge in [0.15, 0.2) is 0 Å². The molecule has 1 aromatic rings. The third kappa shape index (κ3) is 1.57. The summed E-state index contributed by atoms with van der Waals surface area (Å²) in [7, 11) is 0. The molecule has 76 valence electrons. The van der Waals surface area contributed by atoms with Crippen molar-refractivity contribution in [3.63, 3.8) is 0 Å². The number of anilines is 1. The van der Waals surface area contributed by atoms with Gasteiger partial charge in [-0.05, 0) is 50.8 Å². The van der Waals surface area contributed by atoms with Crippen molar-refractivity contribution in [3.05, 3.63) is 23.3 Å². The van der Waals surface area contributed by atoms with Gasteiger partial charge < -0.3 is 10.5 Å². The van der Waals surface area contributed by atoms with Gasteiger partial charge in [0, 0.05) is 0 Å². The highest BCUT2D eigenvalue weighted by Gasteiger charge is 2.27. The van der Waals surface area contributed by atoms with Crippen LogP contribution < -0.4 is 10.5 Å². The van der Waals surface area contributed by atoms with E-state index < -0.39 is 0 Å². The smallest absolute Gasteiger partial charge is 0.146 e. The van der Waals surface area contributed by atoms with Gasteiger partial charge in [0.05, 0.1) is 5.69 Å². The molecule has 0 atom stereocenters. The zero-order chi connectivity index (χ0) is 10.3. The number of aryl methyl sites for hydroxylation is 2. The van der Waals surface area contributed by atoms with Gasteiger partial charge in [0.1, 0.15) is 11.4 Å². The molecule has 2 nitrogen and oxygen atoms in total. The van der Waals surface area contributed by atoms with Crippen molar-refractivity contribution in [2.75, 3.05) is 5.73 Å². The SMILES string of the molecule is Cc1cc(N)c2c(c1)CCC(C)(C)O2. The van der Waals surface area contributed by atoms with E-state index in [0.717, 1.165) is 24.3 Å². The Hall–Kier alpha value is -1.18. The summed E-state index contributed by atoms with van der Waals surface area (Å²) in [5.74, 6) is 0.895. The van der Waals surface area contributed by atoms with Crippen LogP contribution in [-0.4, -0.2) is 5.60 Å². The lowest BCUT2D eigenvalue weighted by molar-refractivity contribution is 0.0857. The molecule has 14 heavy (non-hydrogen) atoms. The summed E-state index contributed by atoms with van der Waals surface area (Å²) in [6.07, 6.45) is 2.12. The fraction of sp³-hybridized carbons (Fsp3) is 0.500. The molecule has 0 saturated heterocycles. The number of nitrogen functional groups attached to an aromatic ring is 1.